The van der Waals surface area contributed by atoms with Crippen molar-refractivity contribution in [3.05, 3.63) is 60.7 Å². The number of rotatable bonds is 4. The Morgan fingerprint density at radius 2 is 1.36 bits per heavy atom. The second-order valence-electron chi connectivity index (χ2n) is 5.98. The van der Waals surface area contributed by atoms with Crippen LogP contribution in [0.4, 0.5) is 11.4 Å². The quantitative estimate of drug-likeness (QED) is 0.778. The van der Waals surface area contributed by atoms with Crippen LogP contribution >= 0.6 is 0 Å². The van der Waals surface area contributed by atoms with E-state index in [0.29, 0.717) is 5.39 Å². The maximum absolute atomic E-state index is 13.2. The van der Waals surface area contributed by atoms with Crippen LogP contribution in [0, 0.1) is 0 Å². The Kier molecular flexibility index (Phi) is 4.30. The molecule has 0 saturated carbocycles. The zero-order chi connectivity index (χ0) is 18.2. The Morgan fingerprint density at radius 3 is 2.04 bits per heavy atom. The molecule has 0 saturated heterocycles. The molecule has 1 N–H and O–H groups in total. The van der Waals surface area contributed by atoms with Crippen molar-refractivity contribution in [3.8, 4) is 5.75 Å². The smallest absolute Gasteiger partial charge is 0.264 e. The second-order valence-corrected chi connectivity index (χ2v) is 7.92. The maximum atomic E-state index is 13.2. The first-order chi connectivity index (χ1) is 11.8. The third-order valence-corrected chi connectivity index (χ3v) is 6.03. The van der Waals surface area contributed by atoms with Crippen LogP contribution in [0.5, 0.6) is 5.75 Å². The van der Waals surface area contributed by atoms with Gasteiger partial charge >= 0.3 is 0 Å². The number of anilines is 2. The zero-order valence-corrected chi connectivity index (χ0v) is 15.2. The molecule has 0 bridgehead atoms. The number of fused-ring (bicyclic) bond motifs is 1. The van der Waals surface area contributed by atoms with Gasteiger partial charge in [0.2, 0.25) is 0 Å². The van der Waals surface area contributed by atoms with E-state index in [4.69, 9.17) is 0 Å². The molecule has 6 heteroatoms. The summed E-state index contributed by atoms with van der Waals surface area (Å²) in [5, 5.41) is 11.5. The van der Waals surface area contributed by atoms with Crippen molar-refractivity contribution >= 4 is 32.2 Å². The number of hydrogen-bond donors (Lipinski definition) is 1. The number of hydrogen-bond acceptors (Lipinski definition) is 4. The summed E-state index contributed by atoms with van der Waals surface area (Å²) in [7, 11) is 1.46. The van der Waals surface area contributed by atoms with E-state index in [-0.39, 0.29) is 16.3 Å². The van der Waals surface area contributed by atoms with Gasteiger partial charge in [0.25, 0.3) is 10.0 Å². The van der Waals surface area contributed by atoms with Gasteiger partial charge in [-0.05, 0) is 24.3 Å². The lowest BCUT2D eigenvalue weighted by Gasteiger charge is -2.22. The lowest BCUT2D eigenvalue weighted by Crippen LogP contribution is -2.26. The maximum Gasteiger partial charge on any atom is 0.264 e. The molecule has 3 aromatic rings. The van der Waals surface area contributed by atoms with Crippen molar-refractivity contribution in [1.29, 1.82) is 0 Å². The van der Waals surface area contributed by atoms with Gasteiger partial charge in [0.15, 0.2) is 0 Å². The lowest BCUT2D eigenvalue weighted by atomic mass is 10.1. The van der Waals surface area contributed by atoms with E-state index in [0.717, 1.165) is 15.4 Å². The van der Waals surface area contributed by atoms with Gasteiger partial charge in [-0.1, -0.05) is 36.4 Å². The van der Waals surface area contributed by atoms with Gasteiger partial charge in [0.1, 0.15) is 5.75 Å². The molecule has 0 fully saturated rings. The van der Waals surface area contributed by atoms with Gasteiger partial charge in [-0.15, -0.1) is 0 Å². The predicted octanol–water partition coefficient (Wildman–Crippen LogP) is 3.44. The average molecular weight is 356 g/mol. The molecule has 0 radical (unpaired) electrons. The number of aromatic hydroxyl groups is 1. The molecule has 3 rings (SSSR count). The first-order valence-corrected chi connectivity index (χ1v) is 9.24. The summed E-state index contributed by atoms with van der Waals surface area (Å²) in [5.41, 5.74) is 1.18. The summed E-state index contributed by atoms with van der Waals surface area (Å²) >= 11 is 0. The Labute approximate surface area is 147 Å². The van der Waals surface area contributed by atoms with Gasteiger partial charge in [-0.3, -0.25) is 4.31 Å². The molecule has 0 spiro atoms. The van der Waals surface area contributed by atoms with E-state index in [1.807, 2.05) is 37.2 Å². The highest BCUT2D eigenvalue weighted by Crippen LogP contribution is 2.34. The number of phenolic OH excluding ortho intramolecular Hbond substituents is 1. The summed E-state index contributed by atoms with van der Waals surface area (Å²) in [5.74, 6) is -0.0807. The van der Waals surface area contributed by atoms with Crippen molar-refractivity contribution in [3.63, 3.8) is 0 Å². The topological polar surface area (TPSA) is 60.9 Å². The highest BCUT2D eigenvalue weighted by Gasteiger charge is 2.25. The number of phenols is 1. The monoisotopic (exact) mass is 356 g/mol. The molecule has 0 aliphatic rings. The average Bonchev–Trinajstić information content (AvgIpc) is 2.60. The minimum absolute atomic E-state index is 0.0807. The van der Waals surface area contributed by atoms with Crippen LogP contribution in [0.2, 0.25) is 0 Å². The molecule has 25 heavy (non-hydrogen) atoms. The van der Waals surface area contributed by atoms with Gasteiger partial charge in [0.05, 0.1) is 10.6 Å². The van der Waals surface area contributed by atoms with Crippen molar-refractivity contribution in [1.82, 2.24) is 0 Å². The van der Waals surface area contributed by atoms with E-state index in [9.17, 15) is 13.5 Å². The van der Waals surface area contributed by atoms with E-state index < -0.39 is 10.0 Å². The van der Waals surface area contributed by atoms with E-state index in [1.165, 1.54) is 13.1 Å². The zero-order valence-electron chi connectivity index (χ0n) is 14.3. The van der Waals surface area contributed by atoms with Crippen LogP contribution in [-0.2, 0) is 10.0 Å². The standard InChI is InChI=1S/C19H20N2O3S/c1-20(2)16-11-6-9-15-14(16)8-7-13-19(15)25(23,24)21(3)17-10-4-5-12-18(17)22/h4-13,22H,1-3H3. The van der Waals surface area contributed by atoms with Crippen molar-refractivity contribution in [2.45, 2.75) is 4.90 Å². The predicted molar refractivity (Wildman–Crippen MR) is 102 cm³/mol. The fourth-order valence-corrected chi connectivity index (χ4v) is 4.30. The summed E-state index contributed by atoms with van der Waals surface area (Å²) in [6.07, 6.45) is 0. The molecule has 0 atom stereocenters. The molecule has 0 aliphatic heterocycles. The molecule has 0 heterocycles. The van der Waals surface area contributed by atoms with Crippen molar-refractivity contribution < 1.29 is 13.5 Å². The van der Waals surface area contributed by atoms with Gasteiger partial charge < -0.3 is 10.0 Å². The van der Waals surface area contributed by atoms with Crippen molar-refractivity contribution in [2.75, 3.05) is 30.3 Å². The van der Waals surface area contributed by atoms with Gasteiger partial charge in [-0.2, -0.15) is 0 Å². The van der Waals surface area contributed by atoms with Crippen LogP contribution in [0.3, 0.4) is 0 Å². The van der Waals surface area contributed by atoms with Gasteiger partial charge in [0, 0.05) is 37.6 Å². The minimum atomic E-state index is -3.83. The first-order valence-electron chi connectivity index (χ1n) is 7.80. The Morgan fingerprint density at radius 1 is 0.760 bits per heavy atom. The number of nitrogens with zero attached hydrogens (tertiary/aromatic N) is 2. The molecule has 3 aromatic carbocycles. The van der Waals surface area contributed by atoms with Crippen molar-refractivity contribution in [2.24, 2.45) is 0 Å². The Bertz CT molecular complexity index is 1030. The number of benzene rings is 3. The lowest BCUT2D eigenvalue weighted by molar-refractivity contribution is 0.476. The SMILES string of the molecule is CN(C)c1cccc2c(S(=O)(=O)N(C)c3ccccc3O)cccc12. The van der Waals surface area contributed by atoms with Crippen LogP contribution < -0.4 is 9.21 Å². The molecule has 0 aromatic heterocycles. The third-order valence-electron chi connectivity index (χ3n) is 4.20. The summed E-state index contributed by atoms with van der Waals surface area (Å²) < 4.78 is 27.5. The molecule has 130 valence electrons. The van der Waals surface area contributed by atoms with Crippen LogP contribution in [0.15, 0.2) is 65.6 Å². The number of para-hydroxylation sites is 2. The largest absolute Gasteiger partial charge is 0.506 e. The van der Waals surface area contributed by atoms with Crippen LogP contribution in [0.25, 0.3) is 10.8 Å². The minimum Gasteiger partial charge on any atom is -0.506 e. The molecule has 0 amide bonds. The third kappa shape index (κ3) is 2.89. The van der Waals surface area contributed by atoms with E-state index in [1.54, 1.807) is 36.4 Å². The summed E-state index contributed by atoms with van der Waals surface area (Å²) in [6.45, 7) is 0. The Hall–Kier alpha value is -2.73. The van der Waals surface area contributed by atoms with Crippen LogP contribution in [0.1, 0.15) is 0 Å². The molecular formula is C19H20N2O3S. The second kappa shape index (κ2) is 6.29. The fourth-order valence-electron chi connectivity index (χ4n) is 2.89. The van der Waals surface area contributed by atoms with E-state index >= 15 is 0 Å². The normalized spacial score (nSPS) is 11.5. The highest BCUT2D eigenvalue weighted by molar-refractivity contribution is 7.93. The molecular weight excluding hydrogens is 336 g/mol. The first kappa shape index (κ1) is 17.1. The molecule has 0 unspecified atom stereocenters. The van der Waals surface area contributed by atoms with E-state index in [2.05, 4.69) is 0 Å². The fraction of sp³-hybridized carbons (Fsp3) is 0.158. The highest BCUT2D eigenvalue weighted by atomic mass is 32.2. The Balaban J connectivity index is 2.22. The van der Waals surface area contributed by atoms with Crippen LogP contribution in [-0.4, -0.2) is 34.7 Å². The molecule has 0 aliphatic carbocycles. The molecule has 5 nitrogen and oxygen atoms in total. The summed E-state index contributed by atoms with van der Waals surface area (Å²) in [6, 6.07) is 17.2. The van der Waals surface area contributed by atoms with Gasteiger partial charge in [-0.25, -0.2) is 8.42 Å². The number of sulfonamides is 1. The summed E-state index contributed by atoms with van der Waals surface area (Å²) in [4.78, 5) is 2.16.